The molecule has 1 atom stereocenters. The quantitative estimate of drug-likeness (QED) is 0.822. The first-order chi connectivity index (χ1) is 9.10. The molecule has 0 aromatic heterocycles. The van der Waals surface area contributed by atoms with E-state index in [1.165, 1.54) is 6.92 Å². The number of sulfone groups is 1. The summed E-state index contributed by atoms with van der Waals surface area (Å²) >= 11 is 0. The average molecular weight is 344 g/mol. The molecule has 21 heavy (non-hydrogen) atoms. The highest BCUT2D eigenvalue weighted by atomic mass is 35.5. The lowest BCUT2D eigenvalue weighted by atomic mass is 10.0. The van der Waals surface area contributed by atoms with Crippen LogP contribution in [0.15, 0.2) is 29.2 Å². The number of rotatable bonds is 5. The molecule has 0 aliphatic heterocycles. The van der Waals surface area contributed by atoms with E-state index >= 15 is 0 Å². The zero-order valence-electron chi connectivity index (χ0n) is 11.4. The van der Waals surface area contributed by atoms with Crippen molar-refractivity contribution in [3.63, 3.8) is 0 Å². The van der Waals surface area contributed by atoms with Gasteiger partial charge in [0.1, 0.15) is 6.04 Å². The SMILES string of the molecule is CCOC(=O)C(F)(F)[C@H](N)c1ccc(S(C)(=O)=O)cc1.Cl. The molecule has 0 amide bonds. The minimum absolute atomic E-state index is 0. The summed E-state index contributed by atoms with van der Waals surface area (Å²) in [5, 5.41) is 0. The van der Waals surface area contributed by atoms with E-state index in [1.807, 2.05) is 0 Å². The molecule has 1 aromatic carbocycles. The molecule has 0 spiro atoms. The summed E-state index contributed by atoms with van der Waals surface area (Å²) in [5.41, 5.74) is 5.30. The summed E-state index contributed by atoms with van der Waals surface area (Å²) in [6.07, 6.45) is 0.995. The van der Waals surface area contributed by atoms with Crippen LogP contribution in [-0.4, -0.2) is 33.2 Å². The molecule has 9 heteroatoms. The molecule has 0 aliphatic carbocycles. The molecule has 0 saturated heterocycles. The summed E-state index contributed by atoms with van der Waals surface area (Å²) in [6, 6.07) is 2.70. The molecule has 0 fully saturated rings. The molecular weight excluding hydrogens is 328 g/mol. The van der Waals surface area contributed by atoms with E-state index in [0.717, 1.165) is 30.5 Å². The Balaban J connectivity index is 0.00000400. The molecule has 2 N–H and O–H groups in total. The van der Waals surface area contributed by atoms with Gasteiger partial charge in [0, 0.05) is 6.26 Å². The van der Waals surface area contributed by atoms with E-state index in [4.69, 9.17) is 5.73 Å². The van der Waals surface area contributed by atoms with Gasteiger partial charge in [0.25, 0.3) is 0 Å². The third-order valence-electron chi connectivity index (χ3n) is 2.61. The Kier molecular flexibility index (Phi) is 6.72. The molecule has 0 radical (unpaired) electrons. The lowest BCUT2D eigenvalue weighted by Gasteiger charge is -2.21. The van der Waals surface area contributed by atoms with Crippen molar-refractivity contribution < 1.29 is 26.7 Å². The molecule has 1 aromatic rings. The number of benzene rings is 1. The van der Waals surface area contributed by atoms with Crippen molar-refractivity contribution in [1.82, 2.24) is 0 Å². The van der Waals surface area contributed by atoms with Crippen molar-refractivity contribution in [2.24, 2.45) is 5.73 Å². The van der Waals surface area contributed by atoms with E-state index in [0.29, 0.717) is 0 Å². The van der Waals surface area contributed by atoms with Gasteiger partial charge in [0.2, 0.25) is 0 Å². The van der Waals surface area contributed by atoms with Crippen molar-refractivity contribution in [2.75, 3.05) is 12.9 Å². The fraction of sp³-hybridized carbons (Fsp3) is 0.417. The van der Waals surface area contributed by atoms with Crippen LogP contribution < -0.4 is 5.73 Å². The Bertz CT molecular complexity index is 590. The van der Waals surface area contributed by atoms with Gasteiger partial charge in [-0.1, -0.05) is 12.1 Å². The van der Waals surface area contributed by atoms with Gasteiger partial charge in [-0.05, 0) is 24.6 Å². The second kappa shape index (κ2) is 7.15. The Morgan fingerprint density at radius 3 is 2.19 bits per heavy atom. The first kappa shape index (κ1) is 19.8. The Labute approximate surface area is 127 Å². The van der Waals surface area contributed by atoms with Gasteiger partial charge in [-0.3, -0.25) is 0 Å². The number of carbonyl (C=O) groups excluding carboxylic acids is 1. The lowest BCUT2D eigenvalue weighted by Crippen LogP contribution is -2.41. The van der Waals surface area contributed by atoms with Crippen molar-refractivity contribution in [1.29, 1.82) is 0 Å². The fourth-order valence-corrected chi connectivity index (χ4v) is 2.12. The maximum atomic E-state index is 13.7. The second-order valence-electron chi connectivity index (χ2n) is 4.16. The first-order valence-electron chi connectivity index (χ1n) is 5.71. The highest BCUT2D eigenvalue weighted by molar-refractivity contribution is 7.90. The van der Waals surface area contributed by atoms with Crippen LogP contribution in [0.5, 0.6) is 0 Å². The van der Waals surface area contributed by atoms with Crippen molar-refractivity contribution in [2.45, 2.75) is 23.8 Å². The van der Waals surface area contributed by atoms with Crippen LogP contribution >= 0.6 is 12.4 Å². The largest absolute Gasteiger partial charge is 0.462 e. The van der Waals surface area contributed by atoms with Gasteiger partial charge in [0.15, 0.2) is 9.84 Å². The molecule has 0 unspecified atom stereocenters. The van der Waals surface area contributed by atoms with Crippen LogP contribution in [0.4, 0.5) is 8.78 Å². The van der Waals surface area contributed by atoms with Crippen LogP contribution in [0, 0.1) is 0 Å². The van der Waals surface area contributed by atoms with Crippen molar-refractivity contribution in [3.8, 4) is 0 Å². The fourth-order valence-electron chi connectivity index (χ4n) is 1.49. The van der Waals surface area contributed by atoms with Gasteiger partial charge in [-0.25, -0.2) is 13.2 Å². The van der Waals surface area contributed by atoms with Crippen LogP contribution in [0.2, 0.25) is 0 Å². The van der Waals surface area contributed by atoms with Crippen LogP contribution in [0.25, 0.3) is 0 Å². The molecule has 120 valence electrons. The van der Waals surface area contributed by atoms with E-state index in [2.05, 4.69) is 4.74 Å². The summed E-state index contributed by atoms with van der Waals surface area (Å²) < 4.78 is 54.2. The number of esters is 1. The normalized spacial score (nSPS) is 13.2. The highest BCUT2D eigenvalue weighted by Crippen LogP contribution is 2.31. The predicted molar refractivity (Wildman–Crippen MR) is 75.3 cm³/mol. The summed E-state index contributed by atoms with van der Waals surface area (Å²) in [5.74, 6) is -5.59. The summed E-state index contributed by atoms with van der Waals surface area (Å²) in [4.78, 5) is 11.1. The number of nitrogens with two attached hydrogens (primary N) is 1. The second-order valence-corrected chi connectivity index (χ2v) is 6.18. The van der Waals surface area contributed by atoms with Gasteiger partial charge >= 0.3 is 11.9 Å². The maximum absolute atomic E-state index is 13.7. The Morgan fingerprint density at radius 2 is 1.81 bits per heavy atom. The van der Waals surface area contributed by atoms with Crippen molar-refractivity contribution in [3.05, 3.63) is 29.8 Å². The number of hydrogen-bond donors (Lipinski definition) is 1. The minimum Gasteiger partial charge on any atom is -0.462 e. The zero-order chi connectivity index (χ0) is 15.6. The molecule has 0 heterocycles. The average Bonchev–Trinajstić information content (AvgIpc) is 2.37. The number of halogens is 3. The molecule has 1 rings (SSSR count). The number of ether oxygens (including phenoxy) is 1. The first-order valence-corrected chi connectivity index (χ1v) is 7.60. The van der Waals surface area contributed by atoms with E-state index < -0.39 is 27.8 Å². The van der Waals surface area contributed by atoms with Crippen LogP contribution in [0.3, 0.4) is 0 Å². The topological polar surface area (TPSA) is 86.5 Å². The number of hydrogen-bond acceptors (Lipinski definition) is 5. The minimum atomic E-state index is -3.89. The molecular formula is C12H16ClF2NO4S. The predicted octanol–water partition coefficient (Wildman–Crippen LogP) is 1.71. The van der Waals surface area contributed by atoms with Gasteiger partial charge in [-0.2, -0.15) is 8.78 Å². The number of alkyl halides is 2. The Hall–Kier alpha value is -1.25. The maximum Gasteiger partial charge on any atom is 0.379 e. The summed E-state index contributed by atoms with van der Waals surface area (Å²) in [6.45, 7) is 1.22. The molecule has 5 nitrogen and oxygen atoms in total. The van der Waals surface area contributed by atoms with Crippen molar-refractivity contribution >= 4 is 28.2 Å². The third kappa shape index (κ3) is 4.62. The van der Waals surface area contributed by atoms with Gasteiger partial charge in [0.05, 0.1) is 11.5 Å². The monoisotopic (exact) mass is 343 g/mol. The molecule has 0 aliphatic rings. The smallest absolute Gasteiger partial charge is 0.379 e. The number of carbonyl (C=O) groups is 1. The van der Waals surface area contributed by atoms with E-state index in [-0.39, 0.29) is 29.5 Å². The van der Waals surface area contributed by atoms with E-state index in [9.17, 15) is 22.0 Å². The van der Waals surface area contributed by atoms with Crippen LogP contribution in [0.1, 0.15) is 18.5 Å². The molecule has 0 saturated carbocycles. The van der Waals surface area contributed by atoms with Gasteiger partial charge < -0.3 is 10.5 Å². The van der Waals surface area contributed by atoms with Crippen LogP contribution in [-0.2, 0) is 19.4 Å². The molecule has 0 bridgehead atoms. The highest BCUT2D eigenvalue weighted by Gasteiger charge is 2.47. The Morgan fingerprint density at radius 1 is 1.33 bits per heavy atom. The van der Waals surface area contributed by atoms with E-state index in [1.54, 1.807) is 0 Å². The lowest BCUT2D eigenvalue weighted by molar-refractivity contribution is -0.174. The zero-order valence-corrected chi connectivity index (χ0v) is 13.0. The summed E-state index contributed by atoms with van der Waals surface area (Å²) in [7, 11) is -3.43. The standard InChI is InChI=1S/C12H15F2NO4S.ClH/c1-3-19-11(16)12(13,14)10(15)8-4-6-9(7-5-8)20(2,17)18;/h4-7,10H,3,15H2,1-2H3;1H/t10-;/m1./s1. The third-order valence-corrected chi connectivity index (χ3v) is 3.73. The van der Waals surface area contributed by atoms with Gasteiger partial charge in [-0.15, -0.1) is 12.4 Å².